The lowest BCUT2D eigenvalue weighted by Crippen LogP contribution is -2.49. The smallest absolute Gasteiger partial charge is 0.449 e. The van der Waals surface area contributed by atoms with Gasteiger partial charge in [-0.2, -0.15) is 0 Å². The van der Waals surface area contributed by atoms with Crippen LogP contribution >= 0.6 is 0 Å². The third-order valence-electron chi connectivity index (χ3n) is 3.85. The minimum atomic E-state index is -2.79. The van der Waals surface area contributed by atoms with E-state index in [0.717, 1.165) is 0 Å². The Morgan fingerprint density at radius 1 is 0.640 bits per heavy atom. The first kappa shape index (κ1) is 25.1. The van der Waals surface area contributed by atoms with Crippen molar-refractivity contribution in [1.29, 1.82) is 0 Å². The third kappa shape index (κ3) is 8.09. The molecular weight excluding hydrogens is 392 g/mol. The van der Waals surface area contributed by atoms with E-state index in [-0.39, 0.29) is 18.7 Å². The van der Waals surface area contributed by atoms with Crippen LogP contribution in [0.1, 0.15) is 0 Å². The van der Waals surface area contributed by atoms with Gasteiger partial charge in [0.2, 0.25) is 0 Å². The molecule has 3 N–H and O–H groups in total. The van der Waals surface area contributed by atoms with Gasteiger partial charge in [-0.05, 0) is 31.9 Å². The minimum absolute atomic E-state index is 0.189. The number of hydrogen-bond donors (Lipinski definition) is 3. The van der Waals surface area contributed by atoms with Crippen molar-refractivity contribution in [3.8, 4) is 0 Å². The summed E-state index contributed by atoms with van der Waals surface area (Å²) < 4.78 is 22.6. The van der Waals surface area contributed by atoms with E-state index in [1.807, 2.05) is 35.9 Å². The first-order chi connectivity index (χ1) is 11.5. The Morgan fingerprint density at radius 3 is 1.32 bits per heavy atom. The zero-order valence-electron chi connectivity index (χ0n) is 16.4. The van der Waals surface area contributed by atoms with Gasteiger partial charge in [0.25, 0.3) is 0 Å². The fourth-order valence-corrected chi connectivity index (χ4v) is 15.1. The maximum Gasteiger partial charge on any atom is 0.528 e. The molecule has 0 aromatic heterocycles. The lowest BCUT2D eigenvalue weighted by Gasteiger charge is -2.31. The van der Waals surface area contributed by atoms with Gasteiger partial charge in [0.05, 0.1) is 0 Å². The highest BCUT2D eigenvalue weighted by molar-refractivity contribution is 6.92. The number of aliphatic hydroxyl groups is 3. The Bertz CT molecular complexity index is 390. The molecule has 0 atom stereocenters. The molecule has 0 saturated heterocycles. The topological polar surface area (TPSA) is 97.6 Å². The van der Waals surface area contributed by atoms with Crippen LogP contribution in [0.2, 0.25) is 26.2 Å². The van der Waals surface area contributed by atoms with Crippen molar-refractivity contribution in [2.75, 3.05) is 40.0 Å². The van der Waals surface area contributed by atoms with Crippen molar-refractivity contribution < 1.29 is 32.7 Å². The molecule has 0 saturated carbocycles. The van der Waals surface area contributed by atoms with Crippen molar-refractivity contribution in [2.24, 2.45) is 0 Å². The van der Waals surface area contributed by atoms with Crippen LogP contribution in [-0.4, -0.2) is 88.9 Å². The number of aliphatic hydroxyl groups excluding tert-OH is 3. The van der Waals surface area contributed by atoms with Crippen LogP contribution in [0.3, 0.4) is 0 Å². The van der Waals surface area contributed by atoms with E-state index in [1.54, 1.807) is 21.3 Å². The maximum absolute atomic E-state index is 9.49. The number of rotatable bonds is 12. The van der Waals surface area contributed by atoms with E-state index >= 15 is 0 Å². The molecule has 0 fully saturated rings. The second-order valence-electron chi connectivity index (χ2n) is 7.03. The fraction of sp³-hybridized carbons (Fsp3) is 0.714. The van der Waals surface area contributed by atoms with Crippen LogP contribution in [0.15, 0.2) is 22.8 Å². The molecule has 148 valence electrons. The van der Waals surface area contributed by atoms with Gasteiger partial charge in [0, 0.05) is 40.0 Å². The molecule has 0 unspecified atom stereocenters. The quantitative estimate of drug-likeness (QED) is 0.393. The Labute approximate surface area is 155 Å². The molecule has 0 aromatic carbocycles. The zero-order valence-corrected chi connectivity index (χ0v) is 20.4. The summed E-state index contributed by atoms with van der Waals surface area (Å²) in [5.74, 6) is 0. The molecule has 0 radical (unpaired) electrons. The zero-order chi connectivity index (χ0) is 19.8. The van der Waals surface area contributed by atoms with Crippen molar-refractivity contribution in [3.63, 3.8) is 0 Å². The summed E-state index contributed by atoms with van der Waals surface area (Å²) in [5.41, 5.74) is 7.62. The highest BCUT2D eigenvalue weighted by Gasteiger charge is 2.37. The van der Waals surface area contributed by atoms with Crippen LogP contribution in [0.4, 0.5) is 0 Å². The van der Waals surface area contributed by atoms with Crippen molar-refractivity contribution in [1.82, 2.24) is 0 Å². The predicted molar refractivity (Wildman–Crippen MR) is 108 cm³/mol. The van der Waals surface area contributed by atoms with E-state index in [0.29, 0.717) is 0 Å². The van der Waals surface area contributed by atoms with Gasteiger partial charge >= 0.3 is 8.80 Å². The molecule has 0 aliphatic carbocycles. The highest BCUT2D eigenvalue weighted by atomic mass is 28.4. The molecule has 0 heterocycles. The Morgan fingerprint density at radius 2 is 1.00 bits per heavy atom. The van der Waals surface area contributed by atoms with E-state index in [2.05, 4.69) is 13.1 Å². The Balaban J connectivity index is 5.25. The summed E-state index contributed by atoms with van der Waals surface area (Å²) in [6.07, 6.45) is -0.567. The van der Waals surface area contributed by atoms with Crippen LogP contribution in [0, 0.1) is 0 Å². The highest BCUT2D eigenvalue weighted by Crippen LogP contribution is 2.20. The maximum atomic E-state index is 9.49. The number of hydrogen-bond acceptors (Lipinski definition) is 7. The summed E-state index contributed by atoms with van der Waals surface area (Å²) in [6, 6.07) is 0. The lowest BCUT2D eigenvalue weighted by molar-refractivity contribution is 0.138. The SMILES string of the molecule is CO[Si](/C=C/[Si](C)(C)O[Si](C)(C)/C=C/[Si](CO)(CO)CO)(OC)OC. The van der Waals surface area contributed by atoms with Crippen molar-refractivity contribution >= 4 is 33.5 Å². The van der Waals surface area contributed by atoms with E-state index in [4.69, 9.17) is 17.4 Å². The molecule has 0 bridgehead atoms. The van der Waals surface area contributed by atoms with Gasteiger partial charge in [-0.1, -0.05) is 17.1 Å². The summed E-state index contributed by atoms with van der Waals surface area (Å²) >= 11 is 0. The summed E-state index contributed by atoms with van der Waals surface area (Å²) in [4.78, 5) is 0. The standard InChI is InChI=1S/C14H34O7Si4/c1-18-25(19-2,20-3)11-9-23(6,7)21-22(4,5)8-10-24(12-15,13-16)14-17/h8-11,15-17H,12-14H2,1-7H3/b10-8+,11-9+. The van der Waals surface area contributed by atoms with E-state index in [9.17, 15) is 15.3 Å². The second kappa shape index (κ2) is 10.4. The second-order valence-corrected chi connectivity index (χ2v) is 21.7. The fourth-order valence-electron chi connectivity index (χ4n) is 2.19. The molecule has 0 spiro atoms. The minimum Gasteiger partial charge on any atom is -0.449 e. The summed E-state index contributed by atoms with van der Waals surface area (Å²) in [7, 11) is -5.07. The molecule has 0 aromatic rings. The van der Waals surface area contributed by atoms with Gasteiger partial charge in [-0.25, -0.2) is 0 Å². The van der Waals surface area contributed by atoms with Crippen molar-refractivity contribution in [2.45, 2.75) is 26.2 Å². The average molecular weight is 427 g/mol. The average Bonchev–Trinajstić information content (AvgIpc) is 2.57. The largest absolute Gasteiger partial charge is 0.528 e. The molecule has 0 aliphatic rings. The molecule has 0 aliphatic heterocycles. The molecule has 11 heteroatoms. The van der Waals surface area contributed by atoms with Crippen LogP contribution < -0.4 is 0 Å². The van der Waals surface area contributed by atoms with Crippen molar-refractivity contribution in [3.05, 3.63) is 22.8 Å². The summed E-state index contributed by atoms with van der Waals surface area (Å²) in [5, 5.41) is 28.5. The Hall–Kier alpha value is 0.0675. The van der Waals surface area contributed by atoms with Crippen LogP contribution in [0.25, 0.3) is 0 Å². The molecular formula is C14H34O7Si4. The van der Waals surface area contributed by atoms with Gasteiger partial charge in [0.1, 0.15) is 0 Å². The molecule has 7 nitrogen and oxygen atoms in total. The molecule has 25 heavy (non-hydrogen) atoms. The van der Waals surface area contributed by atoms with E-state index < -0.39 is 33.5 Å². The molecule has 0 rings (SSSR count). The molecule has 0 amide bonds. The normalized spacial score (nSPS) is 14.8. The van der Waals surface area contributed by atoms with Crippen LogP contribution in [0.5, 0.6) is 0 Å². The first-order valence-electron chi connectivity index (χ1n) is 8.08. The summed E-state index contributed by atoms with van der Waals surface area (Å²) in [6.45, 7) is 8.23. The van der Waals surface area contributed by atoms with Gasteiger partial charge < -0.3 is 32.7 Å². The lowest BCUT2D eigenvalue weighted by atomic mass is 11.2. The predicted octanol–water partition coefficient (Wildman–Crippen LogP) is 0.604. The van der Waals surface area contributed by atoms with Gasteiger partial charge in [0.15, 0.2) is 24.7 Å². The first-order valence-corrected chi connectivity index (χ1v) is 18.5. The monoisotopic (exact) mass is 426 g/mol. The Kier molecular flexibility index (Phi) is 10.4. The third-order valence-corrected chi connectivity index (χ3v) is 15.7. The van der Waals surface area contributed by atoms with Gasteiger partial charge in [-0.15, -0.1) is 0 Å². The van der Waals surface area contributed by atoms with Gasteiger partial charge in [-0.3, -0.25) is 0 Å². The van der Waals surface area contributed by atoms with E-state index in [1.165, 1.54) is 0 Å². The van der Waals surface area contributed by atoms with Crippen LogP contribution in [-0.2, 0) is 17.4 Å².